The highest BCUT2D eigenvalue weighted by Gasteiger charge is 2.10. The summed E-state index contributed by atoms with van der Waals surface area (Å²) in [5.74, 6) is 0.609. The minimum atomic E-state index is -0.428. The van der Waals surface area contributed by atoms with E-state index in [1.807, 2.05) is 17.5 Å². The summed E-state index contributed by atoms with van der Waals surface area (Å²) in [4.78, 5) is 11.8. The minimum absolute atomic E-state index is 0.0747. The molecule has 0 radical (unpaired) electrons. The van der Waals surface area contributed by atoms with E-state index in [1.54, 1.807) is 6.07 Å². The number of thiophene rings is 2. The van der Waals surface area contributed by atoms with Gasteiger partial charge in [-0.15, -0.1) is 11.3 Å². The SMILES string of the molecule is O=[N+]([O-])c1ccc(C=Nn2c(-c3cccs3)n[nH]c2=S)s1. The molecule has 0 aliphatic heterocycles. The molecule has 0 unspecified atom stereocenters. The lowest BCUT2D eigenvalue weighted by atomic mass is 10.4. The second kappa shape index (κ2) is 5.68. The summed E-state index contributed by atoms with van der Waals surface area (Å²) in [6.07, 6.45) is 1.53. The van der Waals surface area contributed by atoms with Gasteiger partial charge in [0.15, 0.2) is 5.82 Å². The monoisotopic (exact) mass is 337 g/mol. The summed E-state index contributed by atoms with van der Waals surface area (Å²) in [7, 11) is 0. The Kier molecular flexibility index (Phi) is 3.73. The Morgan fingerprint density at radius 3 is 3.00 bits per heavy atom. The molecular formula is C11H7N5O2S3. The molecule has 7 nitrogen and oxygen atoms in total. The number of nitrogens with one attached hydrogen (secondary N) is 1. The number of nitro groups is 1. The van der Waals surface area contributed by atoms with Crippen LogP contribution in [0.3, 0.4) is 0 Å². The molecule has 0 saturated carbocycles. The second-order valence-electron chi connectivity index (χ2n) is 3.82. The number of rotatable bonds is 4. The Hall–Kier alpha value is -2.17. The summed E-state index contributed by atoms with van der Waals surface area (Å²) in [6.45, 7) is 0. The molecule has 0 saturated heterocycles. The first kappa shape index (κ1) is 13.8. The molecule has 0 atom stereocenters. The van der Waals surface area contributed by atoms with Crippen LogP contribution in [0.4, 0.5) is 5.00 Å². The largest absolute Gasteiger partial charge is 0.324 e. The van der Waals surface area contributed by atoms with E-state index in [4.69, 9.17) is 12.2 Å². The van der Waals surface area contributed by atoms with Crippen LogP contribution in [0.15, 0.2) is 34.7 Å². The topological polar surface area (TPSA) is 89.1 Å². The molecule has 0 aliphatic carbocycles. The molecule has 10 heteroatoms. The van der Waals surface area contributed by atoms with E-state index in [0.717, 1.165) is 16.2 Å². The van der Waals surface area contributed by atoms with Crippen molar-refractivity contribution in [3.8, 4) is 10.7 Å². The molecule has 3 aromatic heterocycles. The quantitative estimate of drug-likeness (QED) is 0.341. The Labute approximate surface area is 131 Å². The first-order valence-corrected chi connectivity index (χ1v) is 7.75. The molecule has 0 aromatic carbocycles. The average Bonchev–Trinajstić information content (AvgIpc) is 3.17. The third-order valence-electron chi connectivity index (χ3n) is 2.48. The van der Waals surface area contributed by atoms with Gasteiger partial charge in [0.2, 0.25) is 4.77 Å². The number of nitrogens with zero attached hydrogens (tertiary/aromatic N) is 4. The maximum atomic E-state index is 10.6. The molecule has 106 valence electrons. The van der Waals surface area contributed by atoms with Crippen molar-refractivity contribution in [1.82, 2.24) is 14.9 Å². The first-order valence-electron chi connectivity index (χ1n) is 5.65. The van der Waals surface area contributed by atoms with Gasteiger partial charge in [0.05, 0.1) is 20.9 Å². The Balaban J connectivity index is 1.94. The van der Waals surface area contributed by atoms with E-state index in [1.165, 1.54) is 28.3 Å². The van der Waals surface area contributed by atoms with Crippen molar-refractivity contribution in [2.24, 2.45) is 5.10 Å². The average molecular weight is 337 g/mol. The summed E-state index contributed by atoms with van der Waals surface area (Å²) in [5, 5.41) is 23.7. The highest BCUT2D eigenvalue weighted by Crippen LogP contribution is 2.24. The van der Waals surface area contributed by atoms with Crippen molar-refractivity contribution in [1.29, 1.82) is 0 Å². The summed E-state index contributed by atoms with van der Waals surface area (Å²) < 4.78 is 1.85. The summed E-state index contributed by atoms with van der Waals surface area (Å²) in [6, 6.07) is 6.91. The lowest BCUT2D eigenvalue weighted by Gasteiger charge is -1.96. The predicted octanol–water partition coefficient (Wildman–Crippen LogP) is 3.52. The van der Waals surface area contributed by atoms with Crippen LogP contribution in [0.5, 0.6) is 0 Å². The van der Waals surface area contributed by atoms with E-state index < -0.39 is 4.92 Å². The second-order valence-corrected chi connectivity index (χ2v) is 6.25. The fraction of sp³-hybridized carbons (Fsp3) is 0. The van der Waals surface area contributed by atoms with E-state index in [2.05, 4.69) is 15.3 Å². The van der Waals surface area contributed by atoms with Crippen LogP contribution < -0.4 is 0 Å². The van der Waals surface area contributed by atoms with Crippen LogP contribution in [-0.4, -0.2) is 26.0 Å². The summed E-state index contributed by atoms with van der Waals surface area (Å²) in [5.41, 5.74) is 0. The number of hydrogen-bond acceptors (Lipinski definition) is 7. The molecule has 0 amide bonds. The lowest BCUT2D eigenvalue weighted by Crippen LogP contribution is -1.92. The van der Waals surface area contributed by atoms with Gasteiger partial charge < -0.3 is 0 Å². The molecular weight excluding hydrogens is 330 g/mol. The van der Waals surface area contributed by atoms with E-state index in [-0.39, 0.29) is 5.00 Å². The molecule has 1 N–H and O–H groups in total. The van der Waals surface area contributed by atoms with Crippen LogP contribution >= 0.6 is 34.9 Å². The van der Waals surface area contributed by atoms with Gasteiger partial charge in [0.25, 0.3) is 0 Å². The van der Waals surface area contributed by atoms with Crippen LogP contribution in [0.2, 0.25) is 0 Å². The zero-order chi connectivity index (χ0) is 14.8. The van der Waals surface area contributed by atoms with Crippen LogP contribution in [0.1, 0.15) is 4.88 Å². The molecule has 3 aromatic rings. The van der Waals surface area contributed by atoms with Crippen molar-refractivity contribution in [3.63, 3.8) is 0 Å². The molecule has 3 rings (SSSR count). The molecule has 0 aliphatic rings. The normalized spacial score (nSPS) is 11.2. The fourth-order valence-corrected chi connectivity index (χ4v) is 3.15. The zero-order valence-electron chi connectivity index (χ0n) is 10.3. The number of H-pyrrole nitrogens is 1. The Bertz CT molecular complexity index is 859. The van der Waals surface area contributed by atoms with Gasteiger partial charge in [-0.1, -0.05) is 17.4 Å². The number of hydrogen-bond donors (Lipinski definition) is 1. The first-order chi connectivity index (χ1) is 10.1. The van der Waals surface area contributed by atoms with Gasteiger partial charge in [-0.25, -0.2) is 5.10 Å². The van der Waals surface area contributed by atoms with Crippen molar-refractivity contribution in [3.05, 3.63) is 49.4 Å². The molecule has 0 fully saturated rings. The van der Waals surface area contributed by atoms with Crippen molar-refractivity contribution >= 4 is 46.1 Å². The van der Waals surface area contributed by atoms with Crippen molar-refractivity contribution < 1.29 is 4.92 Å². The van der Waals surface area contributed by atoms with E-state index in [0.29, 0.717) is 15.5 Å². The molecule has 0 bridgehead atoms. The van der Waals surface area contributed by atoms with Crippen molar-refractivity contribution in [2.75, 3.05) is 0 Å². The van der Waals surface area contributed by atoms with Crippen LogP contribution in [-0.2, 0) is 0 Å². The predicted molar refractivity (Wildman–Crippen MR) is 84.7 cm³/mol. The maximum Gasteiger partial charge on any atom is 0.324 e. The van der Waals surface area contributed by atoms with Gasteiger partial charge in [-0.05, 0) is 29.7 Å². The van der Waals surface area contributed by atoms with Gasteiger partial charge in [0, 0.05) is 6.07 Å². The zero-order valence-corrected chi connectivity index (χ0v) is 12.7. The van der Waals surface area contributed by atoms with Gasteiger partial charge in [-0.2, -0.15) is 14.9 Å². The Morgan fingerprint density at radius 2 is 2.33 bits per heavy atom. The smallest absolute Gasteiger partial charge is 0.258 e. The van der Waals surface area contributed by atoms with E-state index in [9.17, 15) is 10.1 Å². The van der Waals surface area contributed by atoms with Crippen LogP contribution in [0.25, 0.3) is 10.7 Å². The highest BCUT2D eigenvalue weighted by atomic mass is 32.1. The molecule has 21 heavy (non-hydrogen) atoms. The standard InChI is InChI=1S/C11H7N5O2S3/c17-16(18)9-4-3-7(21-9)6-12-15-10(13-14-11(15)19)8-2-1-5-20-8/h1-6H,(H,14,19). The summed E-state index contributed by atoms with van der Waals surface area (Å²) >= 11 is 7.71. The lowest BCUT2D eigenvalue weighted by molar-refractivity contribution is -0.380. The highest BCUT2D eigenvalue weighted by molar-refractivity contribution is 7.71. The van der Waals surface area contributed by atoms with Gasteiger partial charge in [0.1, 0.15) is 0 Å². The van der Waals surface area contributed by atoms with Crippen LogP contribution in [0, 0.1) is 14.9 Å². The number of aromatic amines is 1. The molecule has 0 spiro atoms. The third kappa shape index (κ3) is 2.82. The van der Waals surface area contributed by atoms with Crippen molar-refractivity contribution in [2.45, 2.75) is 0 Å². The minimum Gasteiger partial charge on any atom is -0.258 e. The third-order valence-corrected chi connectivity index (χ3v) is 4.59. The number of aromatic nitrogens is 3. The van der Waals surface area contributed by atoms with E-state index >= 15 is 0 Å². The maximum absolute atomic E-state index is 10.6. The van der Waals surface area contributed by atoms with Gasteiger partial charge in [-0.3, -0.25) is 10.1 Å². The fourth-order valence-electron chi connectivity index (χ4n) is 1.59. The molecule has 3 heterocycles. The van der Waals surface area contributed by atoms with Gasteiger partial charge >= 0.3 is 5.00 Å². The Morgan fingerprint density at radius 1 is 1.48 bits per heavy atom.